The summed E-state index contributed by atoms with van der Waals surface area (Å²) in [4.78, 5) is 15.6. The minimum absolute atomic E-state index is 0.0391. The van der Waals surface area contributed by atoms with E-state index in [2.05, 4.69) is 9.72 Å². The van der Waals surface area contributed by atoms with E-state index in [1.54, 1.807) is 0 Å². The van der Waals surface area contributed by atoms with E-state index in [0.29, 0.717) is 11.1 Å². The molecule has 0 radical (unpaired) electrons. The van der Waals surface area contributed by atoms with Gasteiger partial charge in [-0.25, -0.2) is 4.79 Å². The predicted octanol–water partition coefficient (Wildman–Crippen LogP) is 4.20. The Labute approximate surface area is 129 Å². The Bertz CT molecular complexity index is 689. The van der Waals surface area contributed by atoms with Gasteiger partial charge >= 0.3 is 5.97 Å². The molecule has 0 saturated heterocycles. The third kappa shape index (κ3) is 2.68. The van der Waals surface area contributed by atoms with Crippen LogP contribution in [0.3, 0.4) is 0 Å². The Kier molecular flexibility index (Phi) is 4.38. The molecule has 0 aliphatic rings. The summed E-state index contributed by atoms with van der Waals surface area (Å²) < 4.78 is 4.64. The zero-order chi connectivity index (χ0) is 14.9. The molecule has 1 N–H and O–H groups in total. The molecule has 0 spiro atoms. The number of benzene rings is 1. The van der Waals surface area contributed by atoms with E-state index in [9.17, 15) is 9.90 Å². The van der Waals surface area contributed by atoms with Gasteiger partial charge in [0.25, 0.3) is 0 Å². The number of hydrogen-bond acceptors (Lipinski definition) is 4. The lowest BCUT2D eigenvalue weighted by Gasteiger charge is -2.11. The van der Waals surface area contributed by atoms with E-state index < -0.39 is 5.97 Å². The maximum Gasteiger partial charge on any atom is 0.342 e. The van der Waals surface area contributed by atoms with Crippen LogP contribution >= 0.6 is 34.8 Å². The molecule has 0 amide bonds. The van der Waals surface area contributed by atoms with Gasteiger partial charge in [-0.3, -0.25) is 4.98 Å². The molecule has 2 aromatic rings. The first-order chi connectivity index (χ1) is 9.45. The van der Waals surface area contributed by atoms with E-state index in [1.165, 1.54) is 25.4 Å². The van der Waals surface area contributed by atoms with Crippen LogP contribution in [0.15, 0.2) is 24.5 Å². The number of rotatable bonds is 2. The van der Waals surface area contributed by atoms with Gasteiger partial charge in [0.15, 0.2) is 0 Å². The number of hydrogen-bond donors (Lipinski definition) is 1. The zero-order valence-electron chi connectivity index (χ0n) is 10.2. The SMILES string of the molecule is COC(=O)c1c(O)cncc1-c1cc(Cl)c(Cl)cc1Cl. The molecular formula is C13H8Cl3NO3. The largest absolute Gasteiger partial charge is 0.505 e. The smallest absolute Gasteiger partial charge is 0.342 e. The van der Waals surface area contributed by atoms with E-state index in [0.717, 1.165) is 6.20 Å². The molecule has 104 valence electrons. The summed E-state index contributed by atoms with van der Waals surface area (Å²) >= 11 is 17.9. The molecule has 0 saturated carbocycles. The molecule has 0 aliphatic heterocycles. The average molecular weight is 333 g/mol. The van der Waals surface area contributed by atoms with Crippen molar-refractivity contribution in [1.82, 2.24) is 4.98 Å². The number of pyridine rings is 1. The molecule has 0 unspecified atom stereocenters. The number of nitrogens with zero attached hydrogens (tertiary/aromatic N) is 1. The number of aromatic nitrogens is 1. The standard InChI is InChI=1S/C13H8Cl3NO3/c1-20-13(19)12-7(4-17-5-11(12)18)6-2-9(15)10(16)3-8(6)14/h2-5,18H,1H3. The van der Waals surface area contributed by atoms with Crippen molar-refractivity contribution in [3.8, 4) is 16.9 Å². The normalized spacial score (nSPS) is 10.4. The number of carbonyl (C=O) groups excluding carboxylic acids is 1. The Morgan fingerprint density at radius 1 is 1.10 bits per heavy atom. The van der Waals surface area contributed by atoms with Crippen LogP contribution < -0.4 is 0 Å². The third-order valence-corrected chi connectivity index (χ3v) is 3.65. The van der Waals surface area contributed by atoms with Gasteiger partial charge in [-0.15, -0.1) is 0 Å². The van der Waals surface area contributed by atoms with Gasteiger partial charge in [0.1, 0.15) is 11.3 Å². The van der Waals surface area contributed by atoms with E-state index in [4.69, 9.17) is 34.8 Å². The van der Waals surface area contributed by atoms with Crippen molar-refractivity contribution in [2.75, 3.05) is 7.11 Å². The van der Waals surface area contributed by atoms with Gasteiger partial charge in [0.2, 0.25) is 0 Å². The fourth-order valence-electron chi connectivity index (χ4n) is 1.70. The van der Waals surface area contributed by atoms with Crippen molar-refractivity contribution in [1.29, 1.82) is 0 Å². The fraction of sp³-hybridized carbons (Fsp3) is 0.0769. The van der Waals surface area contributed by atoms with Crippen molar-refractivity contribution in [3.05, 3.63) is 45.2 Å². The molecule has 0 bridgehead atoms. The van der Waals surface area contributed by atoms with E-state index >= 15 is 0 Å². The number of carbonyl (C=O) groups is 1. The van der Waals surface area contributed by atoms with Crippen LogP contribution in [0, 0.1) is 0 Å². The van der Waals surface area contributed by atoms with Crippen molar-refractivity contribution in [2.45, 2.75) is 0 Å². The molecule has 1 heterocycles. The molecule has 0 aliphatic carbocycles. The number of aromatic hydroxyl groups is 1. The van der Waals surface area contributed by atoms with Crippen LogP contribution in [0.1, 0.15) is 10.4 Å². The van der Waals surface area contributed by atoms with Gasteiger partial charge in [-0.2, -0.15) is 0 Å². The van der Waals surface area contributed by atoms with Gasteiger partial charge in [0.05, 0.1) is 28.4 Å². The highest BCUT2D eigenvalue weighted by molar-refractivity contribution is 6.44. The quantitative estimate of drug-likeness (QED) is 0.661. The average Bonchev–Trinajstić information content (AvgIpc) is 2.42. The maximum atomic E-state index is 11.8. The van der Waals surface area contributed by atoms with Crippen LogP contribution in [0.25, 0.3) is 11.1 Å². The predicted molar refractivity (Wildman–Crippen MR) is 77.7 cm³/mol. The molecule has 2 rings (SSSR count). The molecule has 1 aromatic heterocycles. The second-order valence-corrected chi connectivity index (χ2v) is 5.04. The highest BCUT2D eigenvalue weighted by atomic mass is 35.5. The topological polar surface area (TPSA) is 59.4 Å². The summed E-state index contributed by atoms with van der Waals surface area (Å²) in [5.74, 6) is -1.02. The van der Waals surface area contributed by atoms with E-state index in [-0.39, 0.29) is 26.4 Å². The van der Waals surface area contributed by atoms with Crippen LogP contribution in [0.2, 0.25) is 15.1 Å². The first kappa shape index (κ1) is 14.9. The summed E-state index contributed by atoms with van der Waals surface area (Å²) in [7, 11) is 1.21. The number of ether oxygens (including phenoxy) is 1. The van der Waals surface area contributed by atoms with Crippen molar-refractivity contribution < 1.29 is 14.6 Å². The monoisotopic (exact) mass is 331 g/mol. The maximum absolute atomic E-state index is 11.8. The van der Waals surface area contributed by atoms with Gasteiger partial charge in [-0.05, 0) is 12.1 Å². The highest BCUT2D eigenvalue weighted by Gasteiger charge is 2.21. The number of esters is 1. The Balaban J connectivity index is 2.73. The summed E-state index contributed by atoms with van der Waals surface area (Å²) in [5.41, 5.74) is 0.688. The molecular weight excluding hydrogens is 325 g/mol. The Morgan fingerprint density at radius 3 is 2.40 bits per heavy atom. The Morgan fingerprint density at radius 2 is 1.75 bits per heavy atom. The lowest BCUT2D eigenvalue weighted by atomic mass is 10.0. The second kappa shape index (κ2) is 5.87. The minimum atomic E-state index is -0.706. The Hall–Kier alpha value is -1.49. The van der Waals surface area contributed by atoms with Gasteiger partial charge in [-0.1, -0.05) is 34.8 Å². The third-order valence-electron chi connectivity index (χ3n) is 2.62. The molecule has 7 heteroatoms. The highest BCUT2D eigenvalue weighted by Crippen LogP contribution is 2.38. The molecule has 0 fully saturated rings. The van der Waals surface area contributed by atoms with Gasteiger partial charge in [0, 0.05) is 17.3 Å². The molecule has 20 heavy (non-hydrogen) atoms. The summed E-state index contributed by atoms with van der Waals surface area (Å²) in [6.07, 6.45) is 2.53. The van der Waals surface area contributed by atoms with Crippen LogP contribution in [0.5, 0.6) is 5.75 Å². The minimum Gasteiger partial charge on any atom is -0.505 e. The zero-order valence-corrected chi connectivity index (χ0v) is 12.4. The van der Waals surface area contributed by atoms with Crippen LogP contribution in [-0.2, 0) is 4.74 Å². The number of methoxy groups -OCH3 is 1. The molecule has 4 nitrogen and oxygen atoms in total. The lowest BCUT2D eigenvalue weighted by Crippen LogP contribution is -2.05. The first-order valence-corrected chi connectivity index (χ1v) is 6.49. The lowest BCUT2D eigenvalue weighted by molar-refractivity contribution is 0.0598. The molecule has 1 aromatic carbocycles. The van der Waals surface area contributed by atoms with Crippen LogP contribution in [0.4, 0.5) is 0 Å². The summed E-state index contributed by atoms with van der Waals surface area (Å²) in [6, 6.07) is 2.95. The molecule has 0 atom stereocenters. The van der Waals surface area contributed by atoms with Crippen molar-refractivity contribution >= 4 is 40.8 Å². The van der Waals surface area contributed by atoms with Crippen molar-refractivity contribution in [3.63, 3.8) is 0 Å². The number of halogens is 3. The summed E-state index contributed by atoms with van der Waals surface area (Å²) in [6.45, 7) is 0. The fourth-order valence-corrected chi connectivity index (χ4v) is 2.35. The summed E-state index contributed by atoms with van der Waals surface area (Å²) in [5, 5.41) is 10.6. The van der Waals surface area contributed by atoms with Gasteiger partial charge < -0.3 is 9.84 Å². The van der Waals surface area contributed by atoms with E-state index in [1.807, 2.05) is 0 Å². The van der Waals surface area contributed by atoms with Crippen LogP contribution in [-0.4, -0.2) is 23.2 Å². The van der Waals surface area contributed by atoms with Crippen molar-refractivity contribution in [2.24, 2.45) is 0 Å². The first-order valence-electron chi connectivity index (χ1n) is 5.36. The second-order valence-electron chi connectivity index (χ2n) is 3.82.